The molecule has 0 fully saturated rings. The number of halogens is 1. The fourth-order valence-electron chi connectivity index (χ4n) is 0.264. The molecule has 10 heavy (non-hydrogen) atoms. The smallest absolute Gasteiger partial charge is 0.354 e. The molecule has 0 aliphatic carbocycles. The summed E-state index contributed by atoms with van der Waals surface area (Å²) in [6.07, 6.45) is 1.06. The van der Waals surface area contributed by atoms with Crippen molar-refractivity contribution in [1.29, 1.82) is 0 Å². The van der Waals surface area contributed by atoms with E-state index in [1.165, 1.54) is 7.11 Å². The van der Waals surface area contributed by atoms with Crippen LogP contribution in [0.1, 0.15) is 6.92 Å². The first-order valence-electron chi connectivity index (χ1n) is 2.60. The van der Waals surface area contributed by atoms with Crippen molar-refractivity contribution in [1.82, 2.24) is 0 Å². The second-order valence-electron chi connectivity index (χ2n) is 1.69. The molecule has 0 aliphatic rings. The molecular formula is C6H9BrO3. The van der Waals surface area contributed by atoms with Crippen molar-refractivity contribution in [3.8, 4) is 0 Å². The fourth-order valence-corrected chi connectivity index (χ4v) is 0.358. The number of carbonyl (C=O) groups excluding carboxylic acids is 1. The first-order valence-corrected chi connectivity index (χ1v) is 3.40. The Kier molecular flexibility index (Phi) is 3.60. The van der Waals surface area contributed by atoms with E-state index in [1.807, 2.05) is 0 Å². The van der Waals surface area contributed by atoms with Gasteiger partial charge in [0.1, 0.15) is 0 Å². The maximum absolute atomic E-state index is 10.8. The van der Waals surface area contributed by atoms with Gasteiger partial charge >= 0.3 is 5.97 Å². The summed E-state index contributed by atoms with van der Waals surface area (Å²) in [5, 5.41) is 0. The summed E-state index contributed by atoms with van der Waals surface area (Å²) in [6.45, 7) is 4.77. The lowest BCUT2D eigenvalue weighted by Gasteiger charge is -2.16. The molecule has 0 aromatic rings. The molecule has 0 N–H and O–H groups in total. The molecule has 0 heterocycles. The Labute approximate surface area is 68.1 Å². The number of hydrogen-bond acceptors (Lipinski definition) is 3. The highest BCUT2D eigenvalue weighted by Gasteiger charge is 2.30. The van der Waals surface area contributed by atoms with E-state index in [0.29, 0.717) is 0 Å². The molecule has 0 saturated heterocycles. The minimum absolute atomic E-state index is 0.523. The van der Waals surface area contributed by atoms with Gasteiger partial charge in [0.05, 0.1) is 6.26 Å². The standard InChI is InChI=1S/C6H9BrO3/c1-4-10-5(8)6(2,7)9-3/h4H,1H2,2-3H3. The highest BCUT2D eigenvalue weighted by Crippen LogP contribution is 2.19. The van der Waals surface area contributed by atoms with Crippen molar-refractivity contribution in [3.05, 3.63) is 12.8 Å². The Hall–Kier alpha value is -0.350. The summed E-state index contributed by atoms with van der Waals surface area (Å²) in [5.74, 6) is -0.523. The van der Waals surface area contributed by atoms with Crippen molar-refractivity contribution in [2.24, 2.45) is 0 Å². The first-order chi connectivity index (χ1) is 4.54. The minimum atomic E-state index is -1.07. The van der Waals surface area contributed by atoms with Crippen molar-refractivity contribution in [2.75, 3.05) is 7.11 Å². The Bertz CT molecular complexity index is 142. The van der Waals surface area contributed by atoms with Crippen LogP contribution in [0.25, 0.3) is 0 Å². The highest BCUT2D eigenvalue weighted by atomic mass is 79.9. The van der Waals surface area contributed by atoms with Crippen LogP contribution in [0.5, 0.6) is 0 Å². The summed E-state index contributed by atoms with van der Waals surface area (Å²) in [6, 6.07) is 0. The zero-order chi connectivity index (χ0) is 8.20. The van der Waals surface area contributed by atoms with Crippen LogP contribution < -0.4 is 0 Å². The molecule has 0 saturated carbocycles. The number of rotatable bonds is 3. The van der Waals surface area contributed by atoms with Crippen LogP contribution in [0.3, 0.4) is 0 Å². The van der Waals surface area contributed by atoms with Gasteiger partial charge in [0.2, 0.25) is 4.51 Å². The normalized spacial score (nSPS) is 15.5. The Morgan fingerprint density at radius 1 is 1.80 bits per heavy atom. The third kappa shape index (κ3) is 2.49. The quantitative estimate of drug-likeness (QED) is 0.400. The van der Waals surface area contributed by atoms with Gasteiger partial charge < -0.3 is 9.47 Å². The third-order valence-electron chi connectivity index (χ3n) is 0.938. The lowest BCUT2D eigenvalue weighted by atomic mass is 10.4. The van der Waals surface area contributed by atoms with E-state index >= 15 is 0 Å². The van der Waals surface area contributed by atoms with Crippen molar-refractivity contribution >= 4 is 21.9 Å². The van der Waals surface area contributed by atoms with Crippen LogP contribution in [-0.2, 0) is 14.3 Å². The topological polar surface area (TPSA) is 35.5 Å². The fraction of sp³-hybridized carbons (Fsp3) is 0.500. The number of hydrogen-bond donors (Lipinski definition) is 0. The van der Waals surface area contributed by atoms with E-state index in [1.54, 1.807) is 6.92 Å². The maximum Gasteiger partial charge on any atom is 0.354 e. The predicted molar refractivity (Wildman–Crippen MR) is 40.6 cm³/mol. The lowest BCUT2D eigenvalue weighted by molar-refractivity contribution is -0.150. The van der Waals surface area contributed by atoms with Gasteiger partial charge in [-0.15, -0.1) is 0 Å². The highest BCUT2D eigenvalue weighted by molar-refractivity contribution is 9.10. The number of esters is 1. The van der Waals surface area contributed by atoms with Gasteiger partial charge in [0, 0.05) is 7.11 Å². The SMILES string of the molecule is C=COC(=O)C(C)(Br)OC. The second-order valence-corrected chi connectivity index (χ2v) is 3.21. The minimum Gasteiger partial charge on any atom is -0.432 e. The van der Waals surface area contributed by atoms with Crippen LogP contribution in [0.2, 0.25) is 0 Å². The number of methoxy groups -OCH3 is 1. The van der Waals surface area contributed by atoms with Crippen LogP contribution in [0, 0.1) is 0 Å². The molecule has 3 nitrogen and oxygen atoms in total. The molecule has 1 unspecified atom stereocenters. The molecule has 58 valence electrons. The van der Waals surface area contributed by atoms with Gasteiger partial charge in [-0.25, -0.2) is 4.79 Å². The van der Waals surface area contributed by atoms with Crippen LogP contribution in [-0.4, -0.2) is 17.6 Å². The number of alkyl halides is 1. The van der Waals surface area contributed by atoms with Crippen LogP contribution >= 0.6 is 15.9 Å². The summed E-state index contributed by atoms with van der Waals surface area (Å²) in [4.78, 5) is 10.8. The van der Waals surface area contributed by atoms with Crippen molar-refractivity contribution in [2.45, 2.75) is 11.4 Å². The zero-order valence-corrected chi connectivity index (χ0v) is 7.47. The van der Waals surface area contributed by atoms with Gasteiger partial charge in [-0.1, -0.05) is 6.58 Å². The van der Waals surface area contributed by atoms with E-state index in [-0.39, 0.29) is 0 Å². The Balaban J connectivity index is 4.03. The second kappa shape index (κ2) is 3.73. The zero-order valence-electron chi connectivity index (χ0n) is 5.89. The van der Waals surface area contributed by atoms with Crippen LogP contribution in [0.15, 0.2) is 12.8 Å². The number of ether oxygens (including phenoxy) is 2. The van der Waals surface area contributed by atoms with Crippen molar-refractivity contribution < 1.29 is 14.3 Å². The van der Waals surface area contributed by atoms with E-state index < -0.39 is 10.5 Å². The summed E-state index contributed by atoms with van der Waals surface area (Å²) >= 11 is 3.00. The van der Waals surface area contributed by atoms with Gasteiger partial charge in [-0.3, -0.25) is 0 Å². The van der Waals surface area contributed by atoms with E-state index in [4.69, 9.17) is 4.74 Å². The molecular weight excluding hydrogens is 200 g/mol. The molecule has 0 spiro atoms. The molecule has 0 aromatic heterocycles. The molecule has 0 aliphatic heterocycles. The third-order valence-corrected chi connectivity index (χ3v) is 1.59. The molecule has 4 heteroatoms. The van der Waals surface area contributed by atoms with Gasteiger partial charge in [0.25, 0.3) is 0 Å². The molecule has 0 bridgehead atoms. The molecule has 1 atom stereocenters. The monoisotopic (exact) mass is 208 g/mol. The molecule has 0 rings (SSSR count). The largest absolute Gasteiger partial charge is 0.432 e. The van der Waals surface area contributed by atoms with E-state index in [0.717, 1.165) is 6.26 Å². The average Bonchev–Trinajstić information content (AvgIpc) is 1.89. The summed E-state index contributed by atoms with van der Waals surface area (Å²) in [7, 11) is 1.40. The average molecular weight is 209 g/mol. The number of carbonyl (C=O) groups is 1. The van der Waals surface area contributed by atoms with E-state index in [9.17, 15) is 4.79 Å². The molecule has 0 amide bonds. The molecule has 0 aromatic carbocycles. The molecule has 0 radical (unpaired) electrons. The predicted octanol–water partition coefficient (Wildman–Crippen LogP) is 1.43. The summed E-state index contributed by atoms with van der Waals surface area (Å²) in [5.41, 5.74) is 0. The Morgan fingerprint density at radius 3 is 2.60 bits per heavy atom. The van der Waals surface area contributed by atoms with Crippen molar-refractivity contribution in [3.63, 3.8) is 0 Å². The van der Waals surface area contributed by atoms with E-state index in [2.05, 4.69) is 27.2 Å². The first kappa shape index (κ1) is 9.65. The van der Waals surface area contributed by atoms with Crippen LogP contribution in [0.4, 0.5) is 0 Å². The Morgan fingerprint density at radius 2 is 2.30 bits per heavy atom. The van der Waals surface area contributed by atoms with Gasteiger partial charge in [-0.05, 0) is 22.9 Å². The maximum atomic E-state index is 10.8. The summed E-state index contributed by atoms with van der Waals surface area (Å²) < 4.78 is 8.13. The van der Waals surface area contributed by atoms with Gasteiger partial charge in [-0.2, -0.15) is 0 Å². The van der Waals surface area contributed by atoms with Gasteiger partial charge in [0.15, 0.2) is 0 Å². The lowest BCUT2D eigenvalue weighted by Crippen LogP contribution is -2.30.